The van der Waals surface area contributed by atoms with Crippen LogP contribution in [-0.2, 0) is 12.8 Å². The van der Waals surface area contributed by atoms with Crippen molar-refractivity contribution in [2.24, 2.45) is 5.92 Å². The number of halogens is 1. The number of ketones is 1. The quantitative estimate of drug-likeness (QED) is 0.465. The van der Waals surface area contributed by atoms with E-state index in [1.165, 1.54) is 5.56 Å². The van der Waals surface area contributed by atoms with Gasteiger partial charge in [-0.2, -0.15) is 0 Å². The molecule has 0 saturated heterocycles. The fourth-order valence-electron chi connectivity index (χ4n) is 3.05. The normalized spacial score (nSPS) is 11.8. The van der Waals surface area contributed by atoms with Gasteiger partial charge in [-0.25, -0.2) is 0 Å². The van der Waals surface area contributed by atoms with Gasteiger partial charge in [0.15, 0.2) is 5.78 Å². The van der Waals surface area contributed by atoms with E-state index in [0.29, 0.717) is 6.42 Å². The van der Waals surface area contributed by atoms with Crippen LogP contribution in [0.25, 0.3) is 0 Å². The second-order valence-electron chi connectivity index (χ2n) is 6.31. The molecule has 3 aromatic carbocycles. The zero-order valence-electron chi connectivity index (χ0n) is 14.7. The number of benzene rings is 3. The van der Waals surface area contributed by atoms with Crippen molar-refractivity contribution in [3.8, 4) is 5.75 Å². The Balaban J connectivity index is 1.85. The van der Waals surface area contributed by atoms with E-state index in [1.54, 1.807) is 7.11 Å². The summed E-state index contributed by atoms with van der Waals surface area (Å²) >= 11 is 3.47. The van der Waals surface area contributed by atoms with Crippen LogP contribution >= 0.6 is 15.9 Å². The highest BCUT2D eigenvalue weighted by atomic mass is 79.9. The van der Waals surface area contributed by atoms with Gasteiger partial charge in [0.25, 0.3) is 0 Å². The Labute approximate surface area is 163 Å². The molecular formula is C23H21BrO2. The smallest absolute Gasteiger partial charge is 0.166 e. The molecule has 2 nitrogen and oxygen atoms in total. The molecule has 0 spiro atoms. The molecule has 26 heavy (non-hydrogen) atoms. The number of carbonyl (C=O) groups is 1. The molecule has 1 atom stereocenters. The highest BCUT2D eigenvalue weighted by Crippen LogP contribution is 2.22. The van der Waals surface area contributed by atoms with Crippen LogP contribution in [0.5, 0.6) is 5.75 Å². The third kappa shape index (κ3) is 4.83. The van der Waals surface area contributed by atoms with Crippen LogP contribution in [-0.4, -0.2) is 12.9 Å². The Kier molecular flexibility index (Phi) is 6.24. The standard InChI is InChI=1S/C23H21BrO2/c1-26-22-13-9-19(10-14-22)23(25)20(15-17-5-3-2-4-6-17)16-18-7-11-21(24)12-8-18/h2-14,20H,15-16H2,1H3. The molecule has 0 heterocycles. The topological polar surface area (TPSA) is 26.3 Å². The maximum Gasteiger partial charge on any atom is 0.166 e. The maximum absolute atomic E-state index is 13.2. The van der Waals surface area contributed by atoms with Crippen molar-refractivity contribution < 1.29 is 9.53 Å². The molecule has 0 aliphatic rings. The third-order valence-electron chi connectivity index (χ3n) is 4.47. The minimum atomic E-state index is -0.105. The number of hydrogen-bond donors (Lipinski definition) is 0. The van der Waals surface area contributed by atoms with E-state index in [4.69, 9.17) is 4.74 Å². The van der Waals surface area contributed by atoms with E-state index >= 15 is 0 Å². The zero-order chi connectivity index (χ0) is 18.4. The largest absolute Gasteiger partial charge is 0.497 e. The van der Waals surface area contributed by atoms with E-state index in [9.17, 15) is 4.79 Å². The van der Waals surface area contributed by atoms with Gasteiger partial charge in [-0.15, -0.1) is 0 Å². The fraction of sp³-hybridized carbons (Fsp3) is 0.174. The molecule has 0 bridgehead atoms. The highest BCUT2D eigenvalue weighted by Gasteiger charge is 2.21. The predicted molar refractivity (Wildman–Crippen MR) is 109 cm³/mol. The minimum Gasteiger partial charge on any atom is -0.497 e. The SMILES string of the molecule is COc1ccc(C(=O)C(Cc2ccccc2)Cc2ccc(Br)cc2)cc1. The number of ether oxygens (including phenoxy) is 1. The number of hydrogen-bond acceptors (Lipinski definition) is 2. The van der Waals surface area contributed by atoms with Crippen molar-refractivity contribution in [1.29, 1.82) is 0 Å². The lowest BCUT2D eigenvalue weighted by Crippen LogP contribution is -2.20. The summed E-state index contributed by atoms with van der Waals surface area (Å²) in [5, 5.41) is 0. The molecule has 3 heteroatoms. The molecule has 0 radical (unpaired) electrons. The van der Waals surface area contributed by atoms with Crippen molar-refractivity contribution in [3.63, 3.8) is 0 Å². The number of rotatable bonds is 7. The molecule has 0 aliphatic heterocycles. The first-order valence-corrected chi connectivity index (χ1v) is 9.41. The van der Waals surface area contributed by atoms with Gasteiger partial charge in [0.2, 0.25) is 0 Å². The third-order valence-corrected chi connectivity index (χ3v) is 4.99. The van der Waals surface area contributed by atoms with Gasteiger partial charge in [0, 0.05) is 16.0 Å². The van der Waals surface area contributed by atoms with E-state index in [2.05, 4.69) is 40.2 Å². The van der Waals surface area contributed by atoms with Crippen LogP contribution in [0.1, 0.15) is 21.5 Å². The maximum atomic E-state index is 13.2. The lowest BCUT2D eigenvalue weighted by atomic mass is 9.86. The molecule has 3 aromatic rings. The highest BCUT2D eigenvalue weighted by molar-refractivity contribution is 9.10. The molecular weight excluding hydrogens is 388 g/mol. The summed E-state index contributed by atoms with van der Waals surface area (Å²) in [6, 6.07) is 25.8. The predicted octanol–water partition coefficient (Wildman–Crippen LogP) is 5.74. The van der Waals surface area contributed by atoms with Gasteiger partial charge in [-0.1, -0.05) is 58.4 Å². The number of carbonyl (C=O) groups excluding carboxylic acids is 1. The summed E-state index contributed by atoms with van der Waals surface area (Å²) in [5.41, 5.74) is 3.07. The first-order chi connectivity index (χ1) is 12.7. The van der Waals surface area contributed by atoms with E-state index < -0.39 is 0 Å². The Morgan fingerprint density at radius 3 is 2.00 bits per heavy atom. The Hall–Kier alpha value is -2.39. The molecule has 0 aromatic heterocycles. The van der Waals surface area contributed by atoms with Gasteiger partial charge in [-0.05, 0) is 60.4 Å². The van der Waals surface area contributed by atoms with Crippen LogP contribution in [0.15, 0.2) is 83.3 Å². The summed E-state index contributed by atoms with van der Waals surface area (Å²) in [6.45, 7) is 0. The van der Waals surface area contributed by atoms with Gasteiger partial charge in [0.1, 0.15) is 5.75 Å². The van der Waals surface area contributed by atoms with Crippen molar-refractivity contribution >= 4 is 21.7 Å². The second kappa shape index (κ2) is 8.81. The molecule has 0 amide bonds. The molecule has 0 aliphatic carbocycles. The zero-order valence-corrected chi connectivity index (χ0v) is 16.3. The van der Waals surface area contributed by atoms with Crippen LogP contribution < -0.4 is 4.74 Å². The molecule has 1 unspecified atom stereocenters. The molecule has 0 N–H and O–H groups in total. The van der Waals surface area contributed by atoms with E-state index in [0.717, 1.165) is 27.8 Å². The summed E-state index contributed by atoms with van der Waals surface area (Å²) in [4.78, 5) is 13.2. The summed E-state index contributed by atoms with van der Waals surface area (Å²) < 4.78 is 6.24. The lowest BCUT2D eigenvalue weighted by molar-refractivity contribution is 0.0918. The van der Waals surface area contributed by atoms with E-state index in [-0.39, 0.29) is 11.7 Å². The molecule has 0 fully saturated rings. The van der Waals surface area contributed by atoms with Crippen molar-refractivity contribution in [2.45, 2.75) is 12.8 Å². The van der Waals surface area contributed by atoms with Gasteiger partial charge in [-0.3, -0.25) is 4.79 Å². The van der Waals surface area contributed by atoms with Crippen molar-refractivity contribution in [1.82, 2.24) is 0 Å². The average molecular weight is 409 g/mol. The van der Waals surface area contributed by atoms with Crippen molar-refractivity contribution in [3.05, 3.63) is 100 Å². The Morgan fingerprint density at radius 2 is 1.42 bits per heavy atom. The van der Waals surface area contributed by atoms with Crippen molar-refractivity contribution in [2.75, 3.05) is 7.11 Å². The first-order valence-electron chi connectivity index (χ1n) is 8.62. The minimum absolute atomic E-state index is 0.105. The first kappa shape index (κ1) is 18.4. The van der Waals surface area contributed by atoms with Crippen LogP contribution in [0, 0.1) is 5.92 Å². The van der Waals surface area contributed by atoms with Crippen LogP contribution in [0.4, 0.5) is 0 Å². The Morgan fingerprint density at radius 1 is 0.846 bits per heavy atom. The summed E-state index contributed by atoms with van der Waals surface area (Å²) in [6.07, 6.45) is 1.44. The summed E-state index contributed by atoms with van der Waals surface area (Å²) in [5.74, 6) is 0.820. The van der Waals surface area contributed by atoms with Crippen LogP contribution in [0.3, 0.4) is 0 Å². The van der Waals surface area contributed by atoms with Gasteiger partial charge in [0.05, 0.1) is 7.11 Å². The lowest BCUT2D eigenvalue weighted by Gasteiger charge is -2.17. The fourth-order valence-corrected chi connectivity index (χ4v) is 3.32. The second-order valence-corrected chi connectivity index (χ2v) is 7.23. The number of Topliss-reactive ketones (excluding diaryl/α,β-unsaturated/α-hetero) is 1. The van der Waals surface area contributed by atoms with Crippen LogP contribution in [0.2, 0.25) is 0 Å². The monoisotopic (exact) mass is 408 g/mol. The Bertz CT molecular complexity index is 840. The summed E-state index contributed by atoms with van der Waals surface area (Å²) in [7, 11) is 1.63. The number of methoxy groups -OCH3 is 1. The van der Waals surface area contributed by atoms with Gasteiger partial charge >= 0.3 is 0 Å². The average Bonchev–Trinajstić information content (AvgIpc) is 2.69. The van der Waals surface area contributed by atoms with E-state index in [1.807, 2.05) is 54.6 Å². The molecule has 3 rings (SSSR count). The van der Waals surface area contributed by atoms with Gasteiger partial charge < -0.3 is 4.74 Å². The molecule has 0 saturated carbocycles. The molecule has 132 valence electrons.